The Kier molecular flexibility index (Phi) is 5.96. The minimum absolute atomic E-state index is 0.0213. The van der Waals surface area contributed by atoms with Crippen LogP contribution in [-0.4, -0.2) is 64.0 Å². The number of halogens is 1. The van der Waals surface area contributed by atoms with Crippen LogP contribution < -0.4 is 5.32 Å². The van der Waals surface area contributed by atoms with Crippen molar-refractivity contribution in [3.63, 3.8) is 0 Å². The summed E-state index contributed by atoms with van der Waals surface area (Å²) < 4.78 is 19.8. The molecule has 1 fully saturated rings. The summed E-state index contributed by atoms with van der Waals surface area (Å²) in [5.41, 5.74) is 0.0102. The van der Waals surface area contributed by atoms with E-state index in [2.05, 4.69) is 10.3 Å². The molecule has 1 saturated heterocycles. The number of hydrogen-bond donors (Lipinski definition) is 1. The van der Waals surface area contributed by atoms with Gasteiger partial charge in [-0.1, -0.05) is 17.4 Å². The molecule has 1 aliphatic heterocycles. The number of piperazine rings is 1. The fourth-order valence-electron chi connectivity index (χ4n) is 3.80. The molecule has 1 atom stereocenters. The lowest BCUT2D eigenvalue weighted by atomic mass is 10.1. The van der Waals surface area contributed by atoms with Crippen molar-refractivity contribution >= 4 is 55.4 Å². The van der Waals surface area contributed by atoms with Crippen LogP contribution in [0.4, 0.5) is 14.3 Å². The zero-order valence-corrected chi connectivity index (χ0v) is 19.7. The molecule has 1 aromatic heterocycles. The van der Waals surface area contributed by atoms with Crippen molar-refractivity contribution in [3.05, 3.63) is 36.1 Å². The zero-order chi connectivity index (χ0) is 23.9. The Labute approximate surface area is 194 Å². The molecule has 8 nitrogen and oxygen atoms in total. The van der Waals surface area contributed by atoms with E-state index in [9.17, 15) is 18.8 Å². The summed E-state index contributed by atoms with van der Waals surface area (Å²) in [4.78, 5) is 45.2. The van der Waals surface area contributed by atoms with Gasteiger partial charge in [0.25, 0.3) is 5.91 Å². The third-order valence-corrected chi connectivity index (χ3v) is 6.32. The number of benzene rings is 2. The number of carbonyl (C=O) groups excluding carboxylic acids is 3. The van der Waals surface area contributed by atoms with Crippen LogP contribution in [0.2, 0.25) is 0 Å². The van der Waals surface area contributed by atoms with Gasteiger partial charge in [-0.2, -0.15) is 0 Å². The Morgan fingerprint density at radius 1 is 1.18 bits per heavy atom. The highest BCUT2D eigenvalue weighted by molar-refractivity contribution is 7.23. The summed E-state index contributed by atoms with van der Waals surface area (Å²) in [5, 5.41) is 4.74. The Morgan fingerprint density at radius 2 is 1.94 bits per heavy atom. The highest BCUT2D eigenvalue weighted by Crippen LogP contribution is 2.33. The maximum atomic E-state index is 13.6. The Hall–Kier alpha value is -3.27. The van der Waals surface area contributed by atoms with E-state index in [-0.39, 0.29) is 31.4 Å². The Morgan fingerprint density at radius 3 is 2.64 bits per heavy atom. The first kappa shape index (κ1) is 22.9. The summed E-state index contributed by atoms with van der Waals surface area (Å²) in [6.45, 7) is 7.23. The van der Waals surface area contributed by atoms with E-state index in [1.165, 1.54) is 40.2 Å². The summed E-state index contributed by atoms with van der Waals surface area (Å²) >= 11 is 1.28. The lowest BCUT2D eigenvalue weighted by Gasteiger charge is -2.40. The molecule has 1 N–H and O–H groups in total. The van der Waals surface area contributed by atoms with E-state index in [1.807, 2.05) is 0 Å². The van der Waals surface area contributed by atoms with Gasteiger partial charge in [-0.25, -0.2) is 14.2 Å². The van der Waals surface area contributed by atoms with Gasteiger partial charge in [0.15, 0.2) is 5.13 Å². The van der Waals surface area contributed by atoms with Crippen molar-refractivity contribution in [1.82, 2.24) is 14.8 Å². The van der Waals surface area contributed by atoms with Crippen molar-refractivity contribution in [2.75, 3.05) is 25.0 Å². The summed E-state index contributed by atoms with van der Waals surface area (Å²) in [6, 6.07) is 7.21. The molecule has 174 valence electrons. The molecule has 10 heteroatoms. The third-order valence-electron chi connectivity index (χ3n) is 5.30. The standard InChI is InChI=1S/C23H25FN4O4S/c1-13(29)28-10-9-27(22(31)32-23(2,3)4)12-18(28)20(30)26-21-25-17-8-5-14-11-15(24)6-7-16(14)19(17)33-21/h5-8,11,18H,9-10,12H2,1-4H3,(H,25,26,30). The summed E-state index contributed by atoms with van der Waals surface area (Å²) in [7, 11) is 0. The first-order chi connectivity index (χ1) is 15.5. The third kappa shape index (κ3) is 4.90. The minimum Gasteiger partial charge on any atom is -0.444 e. The molecule has 0 spiro atoms. The lowest BCUT2D eigenvalue weighted by molar-refractivity contribution is -0.140. The van der Waals surface area contributed by atoms with Crippen LogP contribution in [0.25, 0.3) is 21.0 Å². The summed E-state index contributed by atoms with van der Waals surface area (Å²) in [6.07, 6.45) is -0.526. The predicted molar refractivity (Wildman–Crippen MR) is 125 cm³/mol. The molecule has 1 aliphatic rings. The highest BCUT2D eigenvalue weighted by atomic mass is 32.1. The van der Waals surface area contributed by atoms with Crippen LogP contribution in [0.15, 0.2) is 30.3 Å². The zero-order valence-electron chi connectivity index (χ0n) is 18.8. The number of nitrogens with one attached hydrogen (secondary N) is 1. The Balaban J connectivity index is 1.57. The van der Waals surface area contributed by atoms with Crippen molar-refractivity contribution < 1.29 is 23.5 Å². The number of aromatic nitrogens is 1. The molecule has 0 bridgehead atoms. The molecule has 3 amide bonds. The van der Waals surface area contributed by atoms with Crippen LogP contribution in [-0.2, 0) is 14.3 Å². The van der Waals surface area contributed by atoms with Gasteiger partial charge in [0.2, 0.25) is 5.91 Å². The normalized spacial score (nSPS) is 16.8. The second-order valence-corrected chi connectivity index (χ2v) is 9.94. The molecule has 2 heterocycles. The average molecular weight is 473 g/mol. The van der Waals surface area contributed by atoms with Gasteiger partial charge >= 0.3 is 6.09 Å². The van der Waals surface area contributed by atoms with Crippen molar-refractivity contribution in [3.8, 4) is 0 Å². The molecular weight excluding hydrogens is 447 g/mol. The van der Waals surface area contributed by atoms with Crippen LogP contribution >= 0.6 is 11.3 Å². The summed E-state index contributed by atoms with van der Waals surface area (Å²) in [5.74, 6) is -1.01. The van der Waals surface area contributed by atoms with Crippen molar-refractivity contribution in [2.24, 2.45) is 0 Å². The molecule has 1 unspecified atom stereocenters. The number of thiazole rings is 1. The quantitative estimate of drug-likeness (QED) is 0.609. The fraction of sp³-hybridized carbons (Fsp3) is 0.391. The van der Waals surface area contributed by atoms with E-state index in [1.54, 1.807) is 39.0 Å². The Bertz CT molecular complexity index is 1250. The molecule has 2 aromatic carbocycles. The number of anilines is 1. The number of rotatable bonds is 2. The fourth-order valence-corrected chi connectivity index (χ4v) is 4.81. The van der Waals surface area contributed by atoms with Gasteiger partial charge in [-0.15, -0.1) is 0 Å². The van der Waals surface area contributed by atoms with Gasteiger partial charge in [0.1, 0.15) is 17.5 Å². The monoisotopic (exact) mass is 472 g/mol. The molecule has 0 saturated carbocycles. The van der Waals surface area contributed by atoms with E-state index in [0.717, 1.165) is 15.5 Å². The van der Waals surface area contributed by atoms with E-state index in [0.29, 0.717) is 10.6 Å². The number of carbonyl (C=O) groups is 3. The molecule has 3 aromatic rings. The average Bonchev–Trinajstić information content (AvgIpc) is 3.14. The van der Waals surface area contributed by atoms with Gasteiger partial charge in [0.05, 0.1) is 16.8 Å². The number of nitrogens with zero attached hydrogens (tertiary/aromatic N) is 3. The van der Waals surface area contributed by atoms with Gasteiger partial charge in [-0.3, -0.25) is 9.59 Å². The van der Waals surface area contributed by atoms with Gasteiger partial charge < -0.3 is 19.9 Å². The molecule has 0 radical (unpaired) electrons. The van der Waals surface area contributed by atoms with Crippen LogP contribution in [0.3, 0.4) is 0 Å². The van der Waals surface area contributed by atoms with Crippen LogP contribution in [0, 0.1) is 5.82 Å². The SMILES string of the molecule is CC(=O)N1CCN(C(=O)OC(C)(C)C)CC1C(=O)Nc1nc2ccc3cc(F)ccc3c2s1. The van der Waals surface area contributed by atoms with E-state index in [4.69, 9.17) is 4.74 Å². The van der Waals surface area contributed by atoms with Crippen LogP contribution in [0.1, 0.15) is 27.7 Å². The van der Waals surface area contributed by atoms with Gasteiger partial charge in [-0.05, 0) is 50.4 Å². The van der Waals surface area contributed by atoms with E-state index < -0.39 is 23.6 Å². The largest absolute Gasteiger partial charge is 0.444 e. The number of ether oxygens (including phenoxy) is 1. The number of amides is 3. The molecular formula is C23H25FN4O4S. The number of hydrogen-bond acceptors (Lipinski definition) is 6. The predicted octanol–water partition coefficient (Wildman–Crippen LogP) is 3.99. The first-order valence-corrected chi connectivity index (χ1v) is 11.4. The molecule has 33 heavy (non-hydrogen) atoms. The molecule has 4 rings (SSSR count). The van der Waals surface area contributed by atoms with Crippen molar-refractivity contribution in [1.29, 1.82) is 0 Å². The van der Waals surface area contributed by atoms with E-state index >= 15 is 0 Å². The second-order valence-electron chi connectivity index (χ2n) is 8.94. The lowest BCUT2D eigenvalue weighted by Crippen LogP contribution is -2.60. The topological polar surface area (TPSA) is 91.8 Å². The first-order valence-electron chi connectivity index (χ1n) is 10.6. The smallest absolute Gasteiger partial charge is 0.410 e. The number of fused-ring (bicyclic) bond motifs is 3. The highest BCUT2D eigenvalue weighted by Gasteiger charge is 2.37. The van der Waals surface area contributed by atoms with Crippen LogP contribution in [0.5, 0.6) is 0 Å². The van der Waals surface area contributed by atoms with Gasteiger partial charge in [0, 0.05) is 25.4 Å². The second kappa shape index (κ2) is 8.58. The maximum absolute atomic E-state index is 13.6. The molecule has 0 aliphatic carbocycles. The minimum atomic E-state index is -0.873. The van der Waals surface area contributed by atoms with Crippen molar-refractivity contribution in [2.45, 2.75) is 39.3 Å². The maximum Gasteiger partial charge on any atom is 0.410 e.